The summed E-state index contributed by atoms with van der Waals surface area (Å²) in [6, 6.07) is 6.39. The summed E-state index contributed by atoms with van der Waals surface area (Å²) < 4.78 is 9.26. The SMILES string of the molecule is CCOc1ccccc1NC(=O)C(C)n1cnc2c1c(=O)n(C)c(=O)n2C. The Hall–Kier alpha value is -3.36. The van der Waals surface area contributed by atoms with Gasteiger partial charge in [0.05, 0.1) is 18.6 Å². The maximum absolute atomic E-state index is 12.8. The summed E-state index contributed by atoms with van der Waals surface area (Å²) in [5.41, 5.74) is -0.000744. The van der Waals surface area contributed by atoms with Crippen LogP contribution in [-0.2, 0) is 18.9 Å². The topological polar surface area (TPSA) is 100 Å². The third-order valence-electron chi connectivity index (χ3n) is 4.41. The van der Waals surface area contributed by atoms with Gasteiger partial charge in [-0.2, -0.15) is 0 Å². The van der Waals surface area contributed by atoms with Gasteiger partial charge in [-0.3, -0.25) is 18.7 Å². The van der Waals surface area contributed by atoms with E-state index in [1.807, 2.05) is 13.0 Å². The van der Waals surface area contributed by atoms with Gasteiger partial charge in [0.2, 0.25) is 5.91 Å². The summed E-state index contributed by atoms with van der Waals surface area (Å²) in [7, 11) is 2.93. The van der Waals surface area contributed by atoms with Crippen LogP contribution in [0.1, 0.15) is 19.9 Å². The predicted molar refractivity (Wildman–Crippen MR) is 101 cm³/mol. The molecule has 0 aliphatic heterocycles. The van der Waals surface area contributed by atoms with Crippen molar-refractivity contribution in [1.82, 2.24) is 18.7 Å². The summed E-state index contributed by atoms with van der Waals surface area (Å²) >= 11 is 0. The maximum atomic E-state index is 12.8. The van der Waals surface area contributed by atoms with Crippen LogP contribution in [0.15, 0.2) is 40.2 Å². The number of nitrogens with zero attached hydrogens (tertiary/aromatic N) is 4. The van der Waals surface area contributed by atoms with Crippen LogP contribution in [0.2, 0.25) is 0 Å². The number of carbonyl (C=O) groups is 1. The van der Waals surface area contributed by atoms with E-state index in [1.54, 1.807) is 25.1 Å². The molecule has 27 heavy (non-hydrogen) atoms. The van der Waals surface area contributed by atoms with Gasteiger partial charge in [-0.25, -0.2) is 9.78 Å². The lowest BCUT2D eigenvalue weighted by Gasteiger charge is -2.16. The Bertz CT molecular complexity index is 1120. The first kappa shape index (κ1) is 18.4. The zero-order valence-electron chi connectivity index (χ0n) is 15.6. The van der Waals surface area contributed by atoms with Gasteiger partial charge in [0.15, 0.2) is 11.2 Å². The molecule has 142 valence electrons. The third kappa shape index (κ3) is 3.12. The van der Waals surface area contributed by atoms with Gasteiger partial charge < -0.3 is 14.6 Å². The number of benzene rings is 1. The fourth-order valence-electron chi connectivity index (χ4n) is 2.87. The highest BCUT2D eigenvalue weighted by atomic mass is 16.5. The van der Waals surface area contributed by atoms with E-state index in [0.717, 1.165) is 4.57 Å². The molecule has 0 saturated heterocycles. The average molecular weight is 371 g/mol. The molecular weight excluding hydrogens is 350 g/mol. The van der Waals surface area contributed by atoms with Crippen molar-refractivity contribution in [2.45, 2.75) is 19.9 Å². The Morgan fingerprint density at radius 1 is 1.22 bits per heavy atom. The number of ether oxygens (including phenoxy) is 1. The molecule has 1 atom stereocenters. The van der Waals surface area contributed by atoms with Gasteiger partial charge in [0.1, 0.15) is 11.8 Å². The minimum atomic E-state index is -0.727. The monoisotopic (exact) mass is 371 g/mol. The van der Waals surface area contributed by atoms with Crippen molar-refractivity contribution >= 4 is 22.8 Å². The van der Waals surface area contributed by atoms with Crippen LogP contribution in [0.4, 0.5) is 5.69 Å². The van der Waals surface area contributed by atoms with E-state index >= 15 is 0 Å². The molecule has 1 unspecified atom stereocenters. The van der Waals surface area contributed by atoms with Crippen molar-refractivity contribution in [3.63, 3.8) is 0 Å². The van der Waals surface area contributed by atoms with Crippen molar-refractivity contribution in [3.8, 4) is 5.75 Å². The van der Waals surface area contributed by atoms with E-state index in [4.69, 9.17) is 4.74 Å². The number of aryl methyl sites for hydroxylation is 1. The second-order valence-corrected chi connectivity index (χ2v) is 6.12. The molecule has 2 heterocycles. The van der Waals surface area contributed by atoms with E-state index in [2.05, 4.69) is 10.3 Å². The zero-order valence-corrected chi connectivity index (χ0v) is 15.6. The van der Waals surface area contributed by atoms with E-state index in [9.17, 15) is 14.4 Å². The summed E-state index contributed by atoms with van der Waals surface area (Å²) in [6.45, 7) is 3.99. The number of carbonyl (C=O) groups excluding carboxylic acids is 1. The van der Waals surface area contributed by atoms with Gasteiger partial charge in [-0.15, -0.1) is 0 Å². The van der Waals surface area contributed by atoms with Crippen LogP contribution in [0.5, 0.6) is 5.75 Å². The molecule has 0 saturated carbocycles. The largest absolute Gasteiger partial charge is 0.492 e. The quantitative estimate of drug-likeness (QED) is 0.722. The Morgan fingerprint density at radius 3 is 2.63 bits per heavy atom. The first-order valence-electron chi connectivity index (χ1n) is 8.52. The number of amides is 1. The van der Waals surface area contributed by atoms with Crippen LogP contribution >= 0.6 is 0 Å². The number of aromatic nitrogens is 4. The second kappa shape index (κ2) is 7.10. The van der Waals surface area contributed by atoms with Crippen LogP contribution in [-0.4, -0.2) is 31.2 Å². The summed E-state index contributed by atoms with van der Waals surface area (Å²) in [5.74, 6) is 0.228. The number of anilines is 1. The van der Waals surface area contributed by atoms with Crippen LogP contribution in [0, 0.1) is 0 Å². The summed E-state index contributed by atoms with van der Waals surface area (Å²) in [6.07, 6.45) is 1.39. The molecule has 1 aromatic carbocycles. The number of fused-ring (bicyclic) bond motifs is 1. The highest BCUT2D eigenvalue weighted by Crippen LogP contribution is 2.25. The molecule has 0 radical (unpaired) electrons. The Morgan fingerprint density at radius 2 is 1.93 bits per heavy atom. The molecule has 0 fully saturated rings. The molecule has 0 spiro atoms. The molecule has 0 aliphatic rings. The van der Waals surface area contributed by atoms with Gasteiger partial charge in [-0.05, 0) is 26.0 Å². The Kier molecular flexibility index (Phi) is 4.85. The molecule has 9 heteroatoms. The Balaban J connectivity index is 2.00. The predicted octanol–water partition coefficient (Wildman–Crippen LogP) is 1.03. The fourth-order valence-corrected chi connectivity index (χ4v) is 2.87. The van der Waals surface area contributed by atoms with Crippen molar-refractivity contribution in [2.75, 3.05) is 11.9 Å². The van der Waals surface area contributed by atoms with Gasteiger partial charge in [-0.1, -0.05) is 12.1 Å². The minimum absolute atomic E-state index is 0.195. The van der Waals surface area contributed by atoms with Crippen molar-refractivity contribution in [1.29, 1.82) is 0 Å². The van der Waals surface area contributed by atoms with Crippen LogP contribution < -0.4 is 21.3 Å². The highest BCUT2D eigenvalue weighted by Gasteiger charge is 2.22. The van der Waals surface area contributed by atoms with Gasteiger partial charge in [0.25, 0.3) is 5.56 Å². The highest BCUT2D eigenvalue weighted by molar-refractivity contribution is 5.95. The normalized spacial score (nSPS) is 12.1. The number of para-hydroxylation sites is 2. The number of hydrogen-bond acceptors (Lipinski definition) is 5. The average Bonchev–Trinajstić information content (AvgIpc) is 3.11. The molecule has 1 amide bonds. The van der Waals surface area contributed by atoms with Crippen molar-refractivity contribution in [2.24, 2.45) is 14.1 Å². The van der Waals surface area contributed by atoms with Crippen molar-refractivity contribution < 1.29 is 9.53 Å². The Labute approximate surface area is 154 Å². The van der Waals surface area contributed by atoms with Crippen LogP contribution in [0.3, 0.4) is 0 Å². The summed E-state index contributed by atoms with van der Waals surface area (Å²) in [4.78, 5) is 41.5. The number of nitrogens with one attached hydrogen (secondary N) is 1. The maximum Gasteiger partial charge on any atom is 0.332 e. The molecule has 0 aliphatic carbocycles. The van der Waals surface area contributed by atoms with Gasteiger partial charge in [0, 0.05) is 14.1 Å². The second-order valence-electron chi connectivity index (χ2n) is 6.12. The number of imidazole rings is 1. The molecule has 1 N–H and O–H groups in total. The van der Waals surface area contributed by atoms with Crippen LogP contribution in [0.25, 0.3) is 11.2 Å². The van der Waals surface area contributed by atoms with Crippen molar-refractivity contribution in [3.05, 3.63) is 51.4 Å². The van der Waals surface area contributed by atoms with E-state index < -0.39 is 17.3 Å². The standard InChI is InChI=1S/C18H21N5O4/c1-5-27-13-9-7-6-8-12(13)20-16(24)11(2)23-10-19-15-14(23)17(25)22(4)18(26)21(15)3/h6-11H,5H2,1-4H3,(H,20,24). The van der Waals surface area contributed by atoms with E-state index in [1.165, 1.54) is 29.6 Å². The molecule has 9 nitrogen and oxygen atoms in total. The molecular formula is C18H21N5O4. The fraction of sp³-hybridized carbons (Fsp3) is 0.333. The van der Waals surface area contributed by atoms with E-state index in [0.29, 0.717) is 18.0 Å². The molecule has 0 bridgehead atoms. The van der Waals surface area contributed by atoms with E-state index in [-0.39, 0.29) is 17.1 Å². The zero-order chi connectivity index (χ0) is 19.7. The minimum Gasteiger partial charge on any atom is -0.492 e. The van der Waals surface area contributed by atoms with Gasteiger partial charge >= 0.3 is 5.69 Å². The lowest BCUT2D eigenvalue weighted by Crippen LogP contribution is -2.38. The smallest absolute Gasteiger partial charge is 0.332 e. The molecule has 2 aromatic heterocycles. The summed E-state index contributed by atoms with van der Waals surface area (Å²) in [5, 5.41) is 2.82. The molecule has 3 rings (SSSR count). The first-order valence-corrected chi connectivity index (χ1v) is 8.52. The lowest BCUT2D eigenvalue weighted by atomic mass is 10.2. The number of rotatable bonds is 5. The molecule has 3 aromatic rings. The lowest BCUT2D eigenvalue weighted by molar-refractivity contribution is -0.118. The third-order valence-corrected chi connectivity index (χ3v) is 4.41. The number of hydrogen-bond donors (Lipinski definition) is 1. The first-order chi connectivity index (χ1) is 12.9.